The second-order valence-electron chi connectivity index (χ2n) is 8.16. The van der Waals surface area contributed by atoms with Gasteiger partial charge >= 0.3 is 5.97 Å². The van der Waals surface area contributed by atoms with Crippen molar-refractivity contribution >= 4 is 45.2 Å². The fraction of sp³-hybridized carbons (Fsp3) is 0.417. The minimum atomic E-state index is -0.176. The number of thioether (sulfide) groups is 1. The Kier molecular flexibility index (Phi) is 7.19. The van der Waals surface area contributed by atoms with Gasteiger partial charge in [0.15, 0.2) is 5.16 Å². The van der Waals surface area contributed by atoms with Crippen LogP contribution in [0.4, 0.5) is 0 Å². The summed E-state index contributed by atoms with van der Waals surface area (Å²) < 4.78 is 7.34. The van der Waals surface area contributed by atoms with E-state index in [9.17, 15) is 14.4 Å². The predicted octanol–water partition coefficient (Wildman–Crippen LogP) is 3.96. The van der Waals surface area contributed by atoms with Gasteiger partial charge in [-0.15, -0.1) is 11.3 Å². The van der Waals surface area contributed by atoms with Gasteiger partial charge in [0, 0.05) is 13.1 Å². The van der Waals surface area contributed by atoms with E-state index in [1.807, 2.05) is 43.5 Å². The number of carbonyl (C=O) groups excluding carboxylic acids is 2. The smallest absolute Gasteiger partial charge is 0.309 e. The molecule has 1 aliphatic rings. The lowest BCUT2D eigenvalue weighted by Gasteiger charge is -2.30. The lowest BCUT2D eigenvalue weighted by molar-refractivity contribution is -0.151. The number of carbonyl (C=O) groups is 2. The Balaban J connectivity index is 1.54. The average Bonchev–Trinajstić information content (AvgIpc) is 3.29. The van der Waals surface area contributed by atoms with Crippen LogP contribution in [0.3, 0.4) is 0 Å². The monoisotopic (exact) mass is 485 g/mol. The van der Waals surface area contributed by atoms with Gasteiger partial charge in [0.05, 0.1) is 29.5 Å². The molecule has 7 nitrogen and oxygen atoms in total. The molecule has 0 unspecified atom stereocenters. The zero-order valence-corrected chi connectivity index (χ0v) is 20.6. The van der Waals surface area contributed by atoms with Crippen LogP contribution in [-0.4, -0.2) is 51.8 Å². The largest absolute Gasteiger partial charge is 0.466 e. The van der Waals surface area contributed by atoms with E-state index in [1.165, 1.54) is 23.1 Å². The molecule has 3 aromatic rings. The van der Waals surface area contributed by atoms with E-state index in [4.69, 9.17) is 9.72 Å². The second kappa shape index (κ2) is 10.1. The van der Waals surface area contributed by atoms with Crippen molar-refractivity contribution < 1.29 is 14.3 Å². The molecular weight excluding hydrogens is 458 g/mol. The Hall–Kier alpha value is -2.65. The molecule has 1 fully saturated rings. The van der Waals surface area contributed by atoms with Gasteiger partial charge in [-0.05, 0) is 62.3 Å². The first-order chi connectivity index (χ1) is 15.9. The van der Waals surface area contributed by atoms with Gasteiger partial charge in [-0.2, -0.15) is 0 Å². The Morgan fingerprint density at radius 3 is 2.70 bits per heavy atom. The maximum atomic E-state index is 13.4. The molecular formula is C24H27N3O4S2. The number of rotatable bonds is 6. The maximum absolute atomic E-state index is 13.4. The topological polar surface area (TPSA) is 81.5 Å². The normalized spacial score (nSPS) is 14.6. The molecule has 0 bridgehead atoms. The molecule has 33 heavy (non-hydrogen) atoms. The molecule has 174 valence electrons. The number of piperidine rings is 1. The number of benzene rings is 1. The van der Waals surface area contributed by atoms with E-state index in [2.05, 4.69) is 0 Å². The number of likely N-dealkylation sites (tertiary alicyclic amines) is 1. The highest BCUT2D eigenvalue weighted by molar-refractivity contribution is 7.99. The van der Waals surface area contributed by atoms with Crippen molar-refractivity contribution in [3.63, 3.8) is 0 Å². The van der Waals surface area contributed by atoms with Crippen LogP contribution in [0.1, 0.15) is 30.9 Å². The van der Waals surface area contributed by atoms with E-state index in [1.54, 1.807) is 16.4 Å². The standard InChI is InChI=1S/C24H27N3O4S2/c1-4-31-23(30)17-7-10-26(11-8-17)20(28)14-33-24-25-18-9-12-32-21(18)22(29)27(24)19-13-15(2)5-6-16(19)3/h5-6,9,12-13,17H,4,7-8,10-11,14H2,1-3H3. The number of ether oxygens (including phenoxy) is 1. The Labute approximate surface area is 200 Å². The predicted molar refractivity (Wildman–Crippen MR) is 131 cm³/mol. The summed E-state index contributed by atoms with van der Waals surface area (Å²) >= 11 is 2.66. The van der Waals surface area contributed by atoms with Gasteiger partial charge in [0.25, 0.3) is 5.56 Å². The van der Waals surface area contributed by atoms with Crippen LogP contribution in [0.5, 0.6) is 0 Å². The number of aromatic nitrogens is 2. The quantitative estimate of drug-likeness (QED) is 0.299. The van der Waals surface area contributed by atoms with Crippen molar-refractivity contribution in [2.75, 3.05) is 25.4 Å². The highest BCUT2D eigenvalue weighted by Gasteiger charge is 2.28. The summed E-state index contributed by atoms with van der Waals surface area (Å²) in [6, 6.07) is 7.81. The number of thiophene rings is 1. The molecule has 0 atom stereocenters. The lowest BCUT2D eigenvalue weighted by atomic mass is 9.97. The molecule has 1 aliphatic heterocycles. The molecule has 2 aromatic heterocycles. The number of aryl methyl sites for hydroxylation is 2. The van der Waals surface area contributed by atoms with E-state index >= 15 is 0 Å². The molecule has 1 amide bonds. The van der Waals surface area contributed by atoms with Crippen molar-refractivity contribution in [2.45, 2.75) is 38.8 Å². The highest BCUT2D eigenvalue weighted by Crippen LogP contribution is 2.26. The van der Waals surface area contributed by atoms with Crippen molar-refractivity contribution in [3.8, 4) is 5.69 Å². The van der Waals surface area contributed by atoms with Crippen LogP contribution < -0.4 is 5.56 Å². The van der Waals surface area contributed by atoms with Crippen LogP contribution in [-0.2, 0) is 14.3 Å². The molecule has 0 radical (unpaired) electrons. The molecule has 0 spiro atoms. The van der Waals surface area contributed by atoms with Gasteiger partial charge in [-0.25, -0.2) is 4.98 Å². The molecule has 9 heteroatoms. The fourth-order valence-corrected chi connectivity index (χ4v) is 5.67. The minimum absolute atomic E-state index is 0.0190. The summed E-state index contributed by atoms with van der Waals surface area (Å²) in [6.45, 7) is 7.19. The van der Waals surface area contributed by atoms with Crippen LogP contribution in [0, 0.1) is 19.8 Å². The Morgan fingerprint density at radius 2 is 1.97 bits per heavy atom. The summed E-state index contributed by atoms with van der Waals surface area (Å²) in [5.41, 5.74) is 3.33. The number of nitrogens with zero attached hydrogens (tertiary/aromatic N) is 3. The molecule has 1 saturated heterocycles. The van der Waals surface area contributed by atoms with Gasteiger partial charge in [0.1, 0.15) is 4.70 Å². The number of hydrogen-bond acceptors (Lipinski definition) is 7. The van der Waals surface area contributed by atoms with E-state index < -0.39 is 0 Å². The van der Waals surface area contributed by atoms with E-state index in [0.717, 1.165) is 16.8 Å². The summed E-state index contributed by atoms with van der Waals surface area (Å²) in [4.78, 5) is 44.7. The first-order valence-electron chi connectivity index (χ1n) is 11.0. The fourth-order valence-electron chi connectivity index (χ4n) is 4.00. The van der Waals surface area contributed by atoms with Crippen LogP contribution >= 0.6 is 23.1 Å². The number of hydrogen-bond donors (Lipinski definition) is 0. The molecule has 0 saturated carbocycles. The summed E-state index contributed by atoms with van der Waals surface area (Å²) in [6.07, 6.45) is 1.23. The molecule has 1 aromatic carbocycles. The van der Waals surface area contributed by atoms with Crippen LogP contribution in [0.15, 0.2) is 39.6 Å². The summed E-state index contributed by atoms with van der Waals surface area (Å²) in [7, 11) is 0. The highest BCUT2D eigenvalue weighted by atomic mass is 32.2. The maximum Gasteiger partial charge on any atom is 0.309 e. The Morgan fingerprint density at radius 1 is 1.21 bits per heavy atom. The molecule has 0 N–H and O–H groups in total. The van der Waals surface area contributed by atoms with Gasteiger partial charge in [-0.3, -0.25) is 19.0 Å². The van der Waals surface area contributed by atoms with Crippen LogP contribution in [0.25, 0.3) is 15.9 Å². The Bertz CT molecular complexity index is 1240. The van der Waals surface area contributed by atoms with Crippen molar-refractivity contribution in [3.05, 3.63) is 51.1 Å². The third kappa shape index (κ3) is 4.99. The van der Waals surface area contributed by atoms with Gasteiger partial charge in [0.2, 0.25) is 5.91 Å². The molecule has 3 heterocycles. The van der Waals surface area contributed by atoms with E-state index in [-0.39, 0.29) is 29.1 Å². The molecule has 0 aliphatic carbocycles. The average molecular weight is 486 g/mol. The molecule has 4 rings (SSSR count). The van der Waals surface area contributed by atoms with Gasteiger partial charge in [-0.1, -0.05) is 23.9 Å². The van der Waals surface area contributed by atoms with Crippen molar-refractivity contribution in [1.82, 2.24) is 14.5 Å². The van der Waals surface area contributed by atoms with Gasteiger partial charge < -0.3 is 9.64 Å². The zero-order chi connectivity index (χ0) is 23.5. The third-order valence-electron chi connectivity index (χ3n) is 5.85. The zero-order valence-electron chi connectivity index (χ0n) is 19.0. The van der Waals surface area contributed by atoms with Crippen molar-refractivity contribution in [2.24, 2.45) is 5.92 Å². The van der Waals surface area contributed by atoms with Crippen molar-refractivity contribution in [1.29, 1.82) is 0 Å². The SMILES string of the molecule is CCOC(=O)C1CCN(C(=O)CSc2nc3ccsc3c(=O)n2-c2cc(C)ccc2C)CC1. The third-order valence-corrected chi connectivity index (χ3v) is 7.66. The lowest BCUT2D eigenvalue weighted by Crippen LogP contribution is -2.41. The first kappa shape index (κ1) is 23.5. The van der Waals surface area contributed by atoms with E-state index in [0.29, 0.717) is 47.9 Å². The number of esters is 1. The summed E-state index contributed by atoms with van der Waals surface area (Å²) in [5, 5.41) is 2.37. The second-order valence-corrected chi connectivity index (χ2v) is 10.0. The first-order valence-corrected chi connectivity index (χ1v) is 12.9. The van der Waals surface area contributed by atoms with Crippen LogP contribution in [0.2, 0.25) is 0 Å². The summed E-state index contributed by atoms with van der Waals surface area (Å²) in [5.74, 6) is -0.158. The number of amides is 1. The number of fused-ring (bicyclic) bond motifs is 1. The minimum Gasteiger partial charge on any atom is -0.466 e.